The molecule has 0 radical (unpaired) electrons. The smallest absolute Gasteiger partial charge is 0.253 e. The van der Waals surface area contributed by atoms with Crippen molar-refractivity contribution in [2.75, 3.05) is 13.2 Å². The van der Waals surface area contributed by atoms with Crippen LogP contribution in [0.1, 0.15) is 36.7 Å². The summed E-state index contributed by atoms with van der Waals surface area (Å²) < 4.78 is 5.81. The van der Waals surface area contributed by atoms with Gasteiger partial charge in [-0.2, -0.15) is 10.2 Å². The Labute approximate surface area is 130 Å². The Hall–Kier alpha value is -2.43. The zero-order chi connectivity index (χ0) is 16.0. The number of carbonyl (C=O) groups excluding carboxylic acids is 1. The average Bonchev–Trinajstić information content (AvgIpc) is 2.51. The Kier molecular flexibility index (Phi) is 5.09. The highest BCUT2D eigenvalue weighted by Gasteiger charge is 2.18. The highest BCUT2D eigenvalue weighted by Crippen LogP contribution is 2.30. The van der Waals surface area contributed by atoms with E-state index in [1.54, 1.807) is 6.07 Å². The number of amides is 1. The maximum absolute atomic E-state index is 11.8. The van der Waals surface area contributed by atoms with E-state index in [9.17, 15) is 4.79 Å². The van der Waals surface area contributed by atoms with Gasteiger partial charge in [0.15, 0.2) is 0 Å². The van der Waals surface area contributed by atoms with Gasteiger partial charge in [-0.15, -0.1) is 0 Å². The third kappa shape index (κ3) is 4.28. The molecule has 0 aliphatic heterocycles. The Morgan fingerprint density at radius 1 is 1.18 bits per heavy atom. The molecule has 0 bridgehead atoms. The summed E-state index contributed by atoms with van der Waals surface area (Å²) in [6.45, 7) is 7.28. The maximum atomic E-state index is 11.8. The van der Waals surface area contributed by atoms with Gasteiger partial charge in [-0.05, 0) is 23.1 Å². The number of rotatable bonds is 5. The molecule has 2 rings (SSSR count). The molecule has 22 heavy (non-hydrogen) atoms. The van der Waals surface area contributed by atoms with Gasteiger partial charge >= 0.3 is 0 Å². The third-order valence-electron chi connectivity index (χ3n) is 3.19. The Morgan fingerprint density at radius 3 is 2.64 bits per heavy atom. The van der Waals surface area contributed by atoms with Crippen molar-refractivity contribution >= 4 is 5.91 Å². The largest absolute Gasteiger partial charge is 0.491 e. The standard InChI is InChI=1S/C17H21N3O2/c1-17(2,3)14-6-4-5-7-15(14)22-11-10-18-16(21)13-8-9-19-20-12-13/h4-9,12H,10-11H2,1-3H3,(H,18,21). The molecule has 116 valence electrons. The molecule has 0 unspecified atom stereocenters. The van der Waals surface area contributed by atoms with Gasteiger partial charge in [0.2, 0.25) is 0 Å². The van der Waals surface area contributed by atoms with Gasteiger partial charge in [-0.3, -0.25) is 4.79 Å². The average molecular weight is 299 g/mol. The topological polar surface area (TPSA) is 64.1 Å². The molecule has 0 saturated carbocycles. The summed E-state index contributed by atoms with van der Waals surface area (Å²) >= 11 is 0. The quantitative estimate of drug-likeness (QED) is 0.862. The van der Waals surface area contributed by atoms with Crippen LogP contribution >= 0.6 is 0 Å². The van der Waals surface area contributed by atoms with E-state index in [0.717, 1.165) is 11.3 Å². The van der Waals surface area contributed by atoms with Crippen LogP contribution in [-0.2, 0) is 5.41 Å². The lowest BCUT2D eigenvalue weighted by molar-refractivity contribution is 0.0946. The van der Waals surface area contributed by atoms with Crippen molar-refractivity contribution in [3.63, 3.8) is 0 Å². The molecular weight excluding hydrogens is 278 g/mol. The molecule has 1 aromatic carbocycles. The number of nitrogens with zero attached hydrogens (tertiary/aromatic N) is 2. The Balaban J connectivity index is 1.86. The fourth-order valence-corrected chi connectivity index (χ4v) is 2.06. The predicted octanol–water partition coefficient (Wildman–Crippen LogP) is 2.58. The van der Waals surface area contributed by atoms with Gasteiger partial charge in [0.05, 0.1) is 24.5 Å². The van der Waals surface area contributed by atoms with Gasteiger partial charge in [0.25, 0.3) is 5.91 Å². The highest BCUT2D eigenvalue weighted by atomic mass is 16.5. The van der Waals surface area contributed by atoms with Crippen LogP contribution in [0.2, 0.25) is 0 Å². The van der Waals surface area contributed by atoms with Crippen LogP contribution in [0.5, 0.6) is 5.75 Å². The first-order valence-corrected chi connectivity index (χ1v) is 7.25. The van der Waals surface area contributed by atoms with E-state index < -0.39 is 0 Å². The lowest BCUT2D eigenvalue weighted by Crippen LogP contribution is -2.28. The minimum atomic E-state index is -0.178. The zero-order valence-corrected chi connectivity index (χ0v) is 13.2. The Morgan fingerprint density at radius 2 is 1.95 bits per heavy atom. The molecule has 0 aliphatic rings. The molecule has 0 aliphatic carbocycles. The second-order valence-corrected chi connectivity index (χ2v) is 5.98. The summed E-state index contributed by atoms with van der Waals surface area (Å²) in [4.78, 5) is 11.8. The fourth-order valence-electron chi connectivity index (χ4n) is 2.06. The molecule has 1 aromatic heterocycles. The van der Waals surface area contributed by atoms with Crippen LogP contribution < -0.4 is 10.1 Å². The molecule has 5 nitrogen and oxygen atoms in total. The van der Waals surface area contributed by atoms with Crippen molar-refractivity contribution in [2.45, 2.75) is 26.2 Å². The van der Waals surface area contributed by atoms with Crippen molar-refractivity contribution in [3.05, 3.63) is 53.9 Å². The van der Waals surface area contributed by atoms with Crippen molar-refractivity contribution in [1.82, 2.24) is 15.5 Å². The van der Waals surface area contributed by atoms with E-state index in [0.29, 0.717) is 18.7 Å². The molecule has 1 heterocycles. The first-order valence-electron chi connectivity index (χ1n) is 7.25. The van der Waals surface area contributed by atoms with Crippen molar-refractivity contribution < 1.29 is 9.53 Å². The number of para-hydroxylation sites is 1. The van der Waals surface area contributed by atoms with E-state index in [-0.39, 0.29) is 11.3 Å². The first kappa shape index (κ1) is 15.9. The summed E-state index contributed by atoms with van der Waals surface area (Å²) in [5.74, 6) is 0.678. The maximum Gasteiger partial charge on any atom is 0.253 e. The van der Waals surface area contributed by atoms with E-state index >= 15 is 0 Å². The lowest BCUT2D eigenvalue weighted by atomic mass is 9.86. The molecule has 2 aromatic rings. The molecule has 0 fully saturated rings. The van der Waals surface area contributed by atoms with E-state index in [2.05, 4.69) is 42.4 Å². The minimum Gasteiger partial charge on any atom is -0.491 e. The monoisotopic (exact) mass is 299 g/mol. The van der Waals surface area contributed by atoms with E-state index in [1.165, 1.54) is 12.4 Å². The summed E-state index contributed by atoms with van der Waals surface area (Å²) in [7, 11) is 0. The van der Waals surface area contributed by atoms with Crippen molar-refractivity contribution in [1.29, 1.82) is 0 Å². The van der Waals surface area contributed by atoms with Crippen LogP contribution in [-0.4, -0.2) is 29.3 Å². The number of ether oxygens (including phenoxy) is 1. The van der Waals surface area contributed by atoms with Crippen LogP contribution in [0, 0.1) is 0 Å². The Bertz CT molecular complexity index is 621. The highest BCUT2D eigenvalue weighted by molar-refractivity contribution is 5.93. The molecule has 0 spiro atoms. The second-order valence-electron chi connectivity index (χ2n) is 5.98. The first-order chi connectivity index (χ1) is 10.5. The molecule has 1 amide bonds. The normalized spacial score (nSPS) is 11.0. The molecule has 5 heteroatoms. The number of nitrogens with one attached hydrogen (secondary N) is 1. The van der Waals surface area contributed by atoms with Crippen molar-refractivity contribution in [2.24, 2.45) is 0 Å². The zero-order valence-electron chi connectivity index (χ0n) is 13.2. The van der Waals surface area contributed by atoms with Crippen LogP contribution in [0.25, 0.3) is 0 Å². The number of hydrogen-bond acceptors (Lipinski definition) is 4. The van der Waals surface area contributed by atoms with Crippen LogP contribution in [0.3, 0.4) is 0 Å². The van der Waals surface area contributed by atoms with E-state index in [1.807, 2.05) is 18.2 Å². The van der Waals surface area contributed by atoms with E-state index in [4.69, 9.17) is 4.74 Å². The van der Waals surface area contributed by atoms with Gasteiger partial charge in [-0.1, -0.05) is 39.0 Å². The van der Waals surface area contributed by atoms with Gasteiger partial charge in [0.1, 0.15) is 12.4 Å². The third-order valence-corrected chi connectivity index (χ3v) is 3.19. The summed E-state index contributed by atoms with van der Waals surface area (Å²) in [6, 6.07) is 9.60. The van der Waals surface area contributed by atoms with Gasteiger partial charge in [-0.25, -0.2) is 0 Å². The SMILES string of the molecule is CC(C)(C)c1ccccc1OCCNC(=O)c1ccnnc1. The van der Waals surface area contributed by atoms with Crippen molar-refractivity contribution in [3.8, 4) is 5.75 Å². The lowest BCUT2D eigenvalue weighted by Gasteiger charge is -2.22. The molecule has 1 N–H and O–H groups in total. The summed E-state index contributed by atoms with van der Waals surface area (Å²) in [5, 5.41) is 10.1. The minimum absolute atomic E-state index is 0.0164. The molecule has 0 saturated heterocycles. The second kappa shape index (κ2) is 7.02. The van der Waals surface area contributed by atoms with Crippen LogP contribution in [0.15, 0.2) is 42.7 Å². The van der Waals surface area contributed by atoms with Gasteiger partial charge < -0.3 is 10.1 Å². The van der Waals surface area contributed by atoms with Gasteiger partial charge in [0, 0.05) is 0 Å². The van der Waals surface area contributed by atoms with Crippen LogP contribution in [0.4, 0.5) is 0 Å². The fraction of sp³-hybridized carbons (Fsp3) is 0.353. The molecular formula is C17H21N3O2. The summed E-state index contributed by atoms with van der Waals surface area (Å²) in [6.07, 6.45) is 2.93. The number of carbonyl (C=O) groups is 1. The number of hydrogen-bond donors (Lipinski definition) is 1. The number of aromatic nitrogens is 2. The predicted molar refractivity (Wildman–Crippen MR) is 85.0 cm³/mol. The number of benzene rings is 1. The summed E-state index contributed by atoms with van der Waals surface area (Å²) in [5.41, 5.74) is 1.66. The molecule has 0 atom stereocenters.